The summed E-state index contributed by atoms with van der Waals surface area (Å²) >= 11 is 0. The van der Waals surface area contributed by atoms with Crippen LogP contribution in [0.15, 0.2) is 0 Å². The number of nitrogens with one attached hydrogen (secondary N) is 1. The lowest BCUT2D eigenvalue weighted by Gasteiger charge is -2.38. The summed E-state index contributed by atoms with van der Waals surface area (Å²) in [6, 6.07) is 0.687. The Morgan fingerprint density at radius 1 is 1.67 bits per heavy atom. The molecule has 72 valence electrons. The first-order chi connectivity index (χ1) is 5.75. The Kier molecular flexibility index (Phi) is 3.94. The van der Waals surface area contributed by atoms with Gasteiger partial charge >= 0.3 is 0 Å². The predicted molar refractivity (Wildman–Crippen MR) is 50.9 cm³/mol. The quantitative estimate of drug-likeness (QED) is 0.488. The Balaban J connectivity index is 2.42. The van der Waals surface area contributed by atoms with E-state index in [0.717, 1.165) is 32.7 Å². The molecule has 1 rings (SSSR count). The van der Waals surface area contributed by atoms with Crippen LogP contribution in [0.2, 0.25) is 0 Å². The molecule has 0 aromatic heterocycles. The summed E-state index contributed by atoms with van der Waals surface area (Å²) in [5.41, 5.74) is 11.4. The molecule has 0 bridgehead atoms. The third kappa shape index (κ3) is 2.42. The normalized spacial score (nSPS) is 28.8. The summed E-state index contributed by atoms with van der Waals surface area (Å²) in [5, 5.41) is 3.34. The zero-order chi connectivity index (χ0) is 8.97. The predicted octanol–water partition coefficient (Wildman–Crippen LogP) is -1.43. The standard InChI is InChI=1S/C8H20N4/c1-7(10)8-6-11-3-5-12(8)4-2-9/h7-8,11H,2-6,9-10H2,1H3. The molecule has 4 heteroatoms. The molecule has 0 aliphatic carbocycles. The number of piperazine rings is 1. The van der Waals surface area contributed by atoms with Crippen LogP contribution in [0.25, 0.3) is 0 Å². The van der Waals surface area contributed by atoms with Gasteiger partial charge in [-0.1, -0.05) is 0 Å². The molecular formula is C8H20N4. The van der Waals surface area contributed by atoms with Crippen LogP contribution < -0.4 is 16.8 Å². The number of nitrogens with zero attached hydrogens (tertiary/aromatic N) is 1. The average Bonchev–Trinajstić information content (AvgIpc) is 2.05. The van der Waals surface area contributed by atoms with Crippen molar-refractivity contribution >= 4 is 0 Å². The van der Waals surface area contributed by atoms with Crippen LogP contribution in [0, 0.1) is 0 Å². The highest BCUT2D eigenvalue weighted by Crippen LogP contribution is 2.04. The molecule has 2 atom stereocenters. The Hall–Kier alpha value is -0.160. The summed E-state index contributed by atoms with van der Waals surface area (Å²) in [5.74, 6) is 0. The molecule has 0 aromatic carbocycles. The average molecular weight is 172 g/mol. The third-order valence-corrected chi connectivity index (χ3v) is 2.42. The smallest absolute Gasteiger partial charge is 0.0370 e. The van der Waals surface area contributed by atoms with Gasteiger partial charge in [-0.15, -0.1) is 0 Å². The highest BCUT2D eigenvalue weighted by atomic mass is 15.2. The first-order valence-electron chi connectivity index (χ1n) is 4.66. The molecule has 0 spiro atoms. The van der Waals surface area contributed by atoms with Gasteiger partial charge in [-0.3, -0.25) is 4.90 Å². The van der Waals surface area contributed by atoms with Crippen LogP contribution in [0.5, 0.6) is 0 Å². The first-order valence-corrected chi connectivity index (χ1v) is 4.66. The van der Waals surface area contributed by atoms with Gasteiger partial charge in [0.05, 0.1) is 0 Å². The topological polar surface area (TPSA) is 67.3 Å². The molecule has 5 N–H and O–H groups in total. The number of hydrogen-bond donors (Lipinski definition) is 3. The first kappa shape index (κ1) is 9.92. The highest BCUT2D eigenvalue weighted by Gasteiger charge is 2.23. The van der Waals surface area contributed by atoms with E-state index in [0.29, 0.717) is 6.04 Å². The second-order valence-corrected chi connectivity index (χ2v) is 3.46. The monoisotopic (exact) mass is 172 g/mol. The molecule has 2 unspecified atom stereocenters. The van der Waals surface area contributed by atoms with Crippen molar-refractivity contribution in [2.75, 3.05) is 32.7 Å². The molecular weight excluding hydrogens is 152 g/mol. The maximum atomic E-state index is 5.87. The molecule has 0 amide bonds. The fourth-order valence-corrected chi connectivity index (χ4v) is 1.73. The van der Waals surface area contributed by atoms with E-state index in [2.05, 4.69) is 17.1 Å². The Morgan fingerprint density at radius 3 is 3.00 bits per heavy atom. The Morgan fingerprint density at radius 2 is 2.42 bits per heavy atom. The SMILES string of the molecule is CC(N)C1CNCCN1CCN. The van der Waals surface area contributed by atoms with Crippen LogP contribution in [-0.4, -0.2) is 49.7 Å². The fourth-order valence-electron chi connectivity index (χ4n) is 1.73. The van der Waals surface area contributed by atoms with E-state index in [1.165, 1.54) is 0 Å². The van der Waals surface area contributed by atoms with Gasteiger partial charge in [0.15, 0.2) is 0 Å². The van der Waals surface area contributed by atoms with E-state index in [1.807, 2.05) is 0 Å². The Bertz CT molecular complexity index is 124. The maximum Gasteiger partial charge on any atom is 0.0370 e. The van der Waals surface area contributed by atoms with Crippen molar-refractivity contribution in [3.8, 4) is 0 Å². The van der Waals surface area contributed by atoms with Crippen LogP contribution >= 0.6 is 0 Å². The molecule has 12 heavy (non-hydrogen) atoms. The molecule has 1 aliphatic heterocycles. The van der Waals surface area contributed by atoms with Crippen molar-refractivity contribution in [2.24, 2.45) is 11.5 Å². The van der Waals surface area contributed by atoms with Crippen molar-refractivity contribution in [1.82, 2.24) is 10.2 Å². The summed E-state index contributed by atoms with van der Waals surface area (Å²) in [6.45, 7) is 6.88. The second-order valence-electron chi connectivity index (χ2n) is 3.46. The van der Waals surface area contributed by atoms with Crippen LogP contribution in [0.4, 0.5) is 0 Å². The highest BCUT2D eigenvalue weighted by molar-refractivity contribution is 4.85. The summed E-state index contributed by atoms with van der Waals surface area (Å²) < 4.78 is 0. The van der Waals surface area contributed by atoms with E-state index in [-0.39, 0.29) is 6.04 Å². The fraction of sp³-hybridized carbons (Fsp3) is 1.00. The van der Waals surface area contributed by atoms with Crippen LogP contribution in [-0.2, 0) is 0 Å². The summed E-state index contributed by atoms with van der Waals surface area (Å²) in [6.07, 6.45) is 0. The lowest BCUT2D eigenvalue weighted by Crippen LogP contribution is -2.58. The molecule has 4 nitrogen and oxygen atoms in total. The van der Waals surface area contributed by atoms with Gasteiger partial charge in [-0.05, 0) is 6.92 Å². The molecule has 0 saturated carbocycles. The summed E-state index contributed by atoms with van der Waals surface area (Å²) in [4.78, 5) is 2.38. The zero-order valence-electron chi connectivity index (χ0n) is 7.79. The van der Waals surface area contributed by atoms with E-state index >= 15 is 0 Å². The van der Waals surface area contributed by atoms with Crippen molar-refractivity contribution in [3.63, 3.8) is 0 Å². The minimum atomic E-state index is 0.226. The van der Waals surface area contributed by atoms with E-state index in [4.69, 9.17) is 11.5 Å². The van der Waals surface area contributed by atoms with Gasteiger partial charge in [0.1, 0.15) is 0 Å². The van der Waals surface area contributed by atoms with Crippen molar-refractivity contribution in [3.05, 3.63) is 0 Å². The van der Waals surface area contributed by atoms with Crippen molar-refractivity contribution < 1.29 is 0 Å². The second kappa shape index (κ2) is 4.77. The lowest BCUT2D eigenvalue weighted by molar-refractivity contribution is 0.148. The maximum absolute atomic E-state index is 5.87. The summed E-state index contributed by atoms with van der Waals surface area (Å²) in [7, 11) is 0. The molecule has 1 aliphatic rings. The van der Waals surface area contributed by atoms with Gasteiger partial charge in [-0.25, -0.2) is 0 Å². The van der Waals surface area contributed by atoms with E-state index in [1.54, 1.807) is 0 Å². The number of nitrogens with two attached hydrogens (primary N) is 2. The van der Waals surface area contributed by atoms with Crippen molar-refractivity contribution in [1.29, 1.82) is 0 Å². The van der Waals surface area contributed by atoms with Crippen molar-refractivity contribution in [2.45, 2.75) is 19.0 Å². The number of rotatable bonds is 3. The van der Waals surface area contributed by atoms with Gasteiger partial charge < -0.3 is 16.8 Å². The molecule has 1 fully saturated rings. The van der Waals surface area contributed by atoms with Gasteiger partial charge in [0, 0.05) is 44.8 Å². The molecule has 0 aromatic rings. The minimum Gasteiger partial charge on any atom is -0.329 e. The third-order valence-electron chi connectivity index (χ3n) is 2.42. The molecule has 0 radical (unpaired) electrons. The van der Waals surface area contributed by atoms with Gasteiger partial charge in [0.25, 0.3) is 0 Å². The van der Waals surface area contributed by atoms with Crippen LogP contribution in [0.1, 0.15) is 6.92 Å². The molecule has 1 heterocycles. The van der Waals surface area contributed by atoms with E-state index < -0.39 is 0 Å². The molecule has 1 saturated heterocycles. The minimum absolute atomic E-state index is 0.226. The zero-order valence-corrected chi connectivity index (χ0v) is 7.79. The largest absolute Gasteiger partial charge is 0.329 e. The van der Waals surface area contributed by atoms with E-state index in [9.17, 15) is 0 Å². The number of hydrogen-bond acceptors (Lipinski definition) is 4. The van der Waals surface area contributed by atoms with Gasteiger partial charge in [0.2, 0.25) is 0 Å². The van der Waals surface area contributed by atoms with Crippen LogP contribution in [0.3, 0.4) is 0 Å². The van der Waals surface area contributed by atoms with Gasteiger partial charge in [-0.2, -0.15) is 0 Å². The Labute approximate surface area is 74.3 Å². The lowest BCUT2D eigenvalue weighted by atomic mass is 10.1.